The number of rotatable bonds is 10. The summed E-state index contributed by atoms with van der Waals surface area (Å²) in [6, 6.07) is 5.46. The van der Waals surface area contributed by atoms with Crippen molar-refractivity contribution in [2.24, 2.45) is 0 Å². The van der Waals surface area contributed by atoms with Crippen molar-refractivity contribution in [3.8, 4) is 16.9 Å². The number of hydrogen-bond acceptors (Lipinski definition) is 10. The number of nitrogens with zero attached hydrogens (tertiary/aromatic N) is 9. The Morgan fingerprint density at radius 3 is 2.52 bits per heavy atom. The number of hydrogen-bond donors (Lipinski definition) is 1. The van der Waals surface area contributed by atoms with Gasteiger partial charge >= 0.3 is 6.18 Å². The molecule has 2 fully saturated rings. The minimum atomic E-state index is -4.65. The summed E-state index contributed by atoms with van der Waals surface area (Å²) in [6.07, 6.45) is 7.14. The number of ether oxygens (including phenoxy) is 2. The maximum Gasteiger partial charge on any atom is 0.437 e. The van der Waals surface area contributed by atoms with Crippen LogP contribution in [0.3, 0.4) is 0 Å². The summed E-state index contributed by atoms with van der Waals surface area (Å²) < 4.78 is 56.9. The third-order valence-electron chi connectivity index (χ3n) is 8.64. The van der Waals surface area contributed by atoms with Crippen molar-refractivity contribution < 1.29 is 22.6 Å². The van der Waals surface area contributed by atoms with Gasteiger partial charge in [0.25, 0.3) is 0 Å². The van der Waals surface area contributed by atoms with Crippen molar-refractivity contribution in [3.63, 3.8) is 0 Å². The van der Waals surface area contributed by atoms with Gasteiger partial charge in [0.15, 0.2) is 5.69 Å². The molecule has 1 aliphatic heterocycles. The number of anilines is 2. The highest BCUT2D eigenvalue weighted by molar-refractivity contribution is 6.32. The molecular weight excluding hydrogens is 625 g/mol. The van der Waals surface area contributed by atoms with Crippen LogP contribution in [0.15, 0.2) is 43.1 Å². The van der Waals surface area contributed by atoms with Crippen molar-refractivity contribution in [1.29, 1.82) is 0 Å². The van der Waals surface area contributed by atoms with Crippen molar-refractivity contribution in [2.75, 3.05) is 25.5 Å². The van der Waals surface area contributed by atoms with Crippen LogP contribution in [-0.2, 0) is 17.5 Å². The standard InChI is InChI=1S/C30H36ClF3N10O2/c1-19(16-43-18-37-40-41-43)46-27-13-20(7-8-23(27)31)21-14-35-29(36-15-21)38-24-17-44(39-28(24)30(32,33)34)22-9-11-42(12-10-22)25-5-3-4-6-26(25)45-2/h7-8,13-15,17-19,22,25-26H,3-6,9-12,16H2,1-2H3,(H,35,36,38)/t19-,25?,26?/m0/s1. The van der Waals surface area contributed by atoms with E-state index in [4.69, 9.17) is 21.1 Å². The summed E-state index contributed by atoms with van der Waals surface area (Å²) >= 11 is 6.37. The number of nitrogens with one attached hydrogen (secondary N) is 1. The maximum absolute atomic E-state index is 14.1. The summed E-state index contributed by atoms with van der Waals surface area (Å²) in [5.41, 5.74) is 0.172. The first-order valence-electron chi connectivity index (χ1n) is 15.4. The molecule has 2 unspecified atom stereocenters. The molecule has 3 atom stereocenters. The zero-order chi connectivity index (χ0) is 32.3. The molecule has 0 amide bonds. The lowest BCUT2D eigenvalue weighted by Crippen LogP contribution is -2.49. The largest absolute Gasteiger partial charge is 0.487 e. The summed E-state index contributed by atoms with van der Waals surface area (Å²) in [5.74, 6) is 0.472. The maximum atomic E-state index is 14.1. The van der Waals surface area contributed by atoms with Crippen LogP contribution in [-0.4, -0.2) is 83.3 Å². The number of methoxy groups -OCH3 is 1. The molecule has 46 heavy (non-hydrogen) atoms. The van der Waals surface area contributed by atoms with Gasteiger partial charge in [-0.1, -0.05) is 30.5 Å². The minimum absolute atomic E-state index is 0.0204. The molecular formula is C30H36ClF3N10O2. The molecule has 0 radical (unpaired) electrons. The first kappa shape index (κ1) is 32.1. The SMILES string of the molecule is COC1CCCCC1N1CCC(n2cc(Nc3ncc(-c4ccc(Cl)c(O[C@@H](C)Cn5cnnn5)c4)cn3)c(C(F)(F)F)n2)CC1. The topological polar surface area (TPSA) is 121 Å². The molecule has 3 aromatic heterocycles. The molecule has 2 aliphatic rings. The lowest BCUT2D eigenvalue weighted by atomic mass is 9.89. The molecule has 1 saturated carbocycles. The zero-order valence-corrected chi connectivity index (χ0v) is 26.3. The second kappa shape index (κ2) is 13.9. The quantitative estimate of drug-likeness (QED) is 0.223. The Balaban J connectivity index is 1.12. The number of benzene rings is 1. The van der Waals surface area contributed by atoms with Gasteiger partial charge in [-0.05, 0) is 60.7 Å². The number of aromatic nitrogens is 8. The summed E-state index contributed by atoms with van der Waals surface area (Å²) in [5, 5.41) is 18.2. The zero-order valence-electron chi connectivity index (χ0n) is 25.6. The van der Waals surface area contributed by atoms with Crippen molar-refractivity contribution in [2.45, 2.75) is 82.5 Å². The van der Waals surface area contributed by atoms with Gasteiger partial charge in [-0.25, -0.2) is 14.6 Å². The second-order valence-corrected chi connectivity index (χ2v) is 12.2. The average Bonchev–Trinajstić information content (AvgIpc) is 3.73. The van der Waals surface area contributed by atoms with Crippen LogP contribution < -0.4 is 10.1 Å². The number of likely N-dealkylation sites (tertiary alicyclic amines) is 1. The van der Waals surface area contributed by atoms with E-state index in [1.54, 1.807) is 30.0 Å². The molecule has 1 saturated heterocycles. The highest BCUT2D eigenvalue weighted by Crippen LogP contribution is 2.38. The fourth-order valence-corrected chi connectivity index (χ4v) is 6.51. The summed E-state index contributed by atoms with van der Waals surface area (Å²) in [4.78, 5) is 11.0. The highest BCUT2D eigenvalue weighted by Gasteiger charge is 2.39. The first-order chi connectivity index (χ1) is 22.2. The van der Waals surface area contributed by atoms with E-state index < -0.39 is 11.9 Å². The molecule has 0 spiro atoms. The predicted octanol–water partition coefficient (Wildman–Crippen LogP) is 5.80. The normalized spacial score (nSPS) is 20.5. The lowest BCUT2D eigenvalue weighted by molar-refractivity contribution is -0.141. The van der Waals surface area contributed by atoms with Crippen molar-refractivity contribution >= 4 is 23.2 Å². The Labute approximate surface area is 269 Å². The van der Waals surface area contributed by atoms with Crippen LogP contribution in [0.5, 0.6) is 5.75 Å². The Bertz CT molecular complexity index is 1580. The smallest absolute Gasteiger partial charge is 0.437 e. The van der Waals surface area contributed by atoms with E-state index in [1.807, 2.05) is 6.92 Å². The number of piperidine rings is 1. The number of halogens is 4. The van der Waals surface area contributed by atoms with E-state index in [0.717, 1.165) is 31.5 Å². The van der Waals surface area contributed by atoms with Gasteiger partial charge in [0.1, 0.15) is 18.2 Å². The number of alkyl halides is 3. The third kappa shape index (κ3) is 7.42. The molecule has 1 aliphatic carbocycles. The van der Waals surface area contributed by atoms with Crippen LogP contribution in [0.4, 0.5) is 24.8 Å². The monoisotopic (exact) mass is 660 g/mol. The molecule has 0 bridgehead atoms. The highest BCUT2D eigenvalue weighted by atomic mass is 35.5. The molecule has 246 valence electrons. The summed E-state index contributed by atoms with van der Waals surface area (Å²) in [7, 11) is 1.76. The van der Waals surface area contributed by atoms with Gasteiger partial charge in [-0.3, -0.25) is 9.58 Å². The van der Waals surface area contributed by atoms with Crippen LogP contribution in [0.2, 0.25) is 5.02 Å². The minimum Gasteiger partial charge on any atom is -0.487 e. The summed E-state index contributed by atoms with van der Waals surface area (Å²) in [6.45, 7) is 3.86. The molecule has 4 heterocycles. The average molecular weight is 661 g/mol. The fourth-order valence-electron chi connectivity index (χ4n) is 6.35. The Kier molecular flexibility index (Phi) is 9.70. The second-order valence-electron chi connectivity index (χ2n) is 11.8. The van der Waals surface area contributed by atoms with Gasteiger partial charge in [0.2, 0.25) is 5.95 Å². The molecule has 4 aromatic rings. The molecule has 12 nitrogen and oxygen atoms in total. The molecule has 1 aromatic carbocycles. The molecule has 16 heteroatoms. The van der Waals surface area contributed by atoms with E-state index in [0.29, 0.717) is 41.8 Å². The van der Waals surface area contributed by atoms with E-state index in [2.05, 4.69) is 40.8 Å². The van der Waals surface area contributed by atoms with Gasteiger partial charge in [0.05, 0.1) is 29.4 Å². The van der Waals surface area contributed by atoms with E-state index in [1.165, 1.54) is 42.4 Å². The van der Waals surface area contributed by atoms with Crippen molar-refractivity contribution in [3.05, 3.63) is 53.8 Å². The first-order valence-corrected chi connectivity index (χ1v) is 15.8. The van der Waals surface area contributed by atoms with Gasteiger partial charge in [0, 0.05) is 50.4 Å². The van der Waals surface area contributed by atoms with Gasteiger partial charge < -0.3 is 14.8 Å². The van der Waals surface area contributed by atoms with Crippen LogP contribution in [0.25, 0.3) is 11.1 Å². The number of tetrazole rings is 1. The van der Waals surface area contributed by atoms with Crippen molar-refractivity contribution in [1.82, 2.24) is 44.9 Å². The Hall–Kier alpha value is -3.82. The molecule has 6 rings (SSSR count). The van der Waals surface area contributed by atoms with E-state index in [-0.39, 0.29) is 29.9 Å². The fraction of sp³-hybridized carbons (Fsp3) is 0.533. The third-order valence-corrected chi connectivity index (χ3v) is 8.95. The van der Waals surface area contributed by atoms with Gasteiger partial charge in [-0.2, -0.15) is 18.3 Å². The molecule has 1 N–H and O–H groups in total. The Morgan fingerprint density at radius 1 is 1.07 bits per heavy atom. The van der Waals surface area contributed by atoms with Gasteiger partial charge in [-0.15, -0.1) is 5.10 Å². The predicted molar refractivity (Wildman–Crippen MR) is 164 cm³/mol. The van der Waals surface area contributed by atoms with E-state index >= 15 is 0 Å². The Morgan fingerprint density at radius 2 is 1.83 bits per heavy atom. The van der Waals surface area contributed by atoms with Crippen LogP contribution in [0.1, 0.15) is 57.2 Å². The van der Waals surface area contributed by atoms with E-state index in [9.17, 15) is 13.2 Å². The van der Waals surface area contributed by atoms with Crippen LogP contribution in [0, 0.1) is 0 Å². The van der Waals surface area contributed by atoms with Crippen LogP contribution >= 0.6 is 11.6 Å². The lowest BCUT2D eigenvalue weighted by Gasteiger charge is -2.42.